The Kier molecular flexibility index (Phi) is 3.99. The van der Waals surface area contributed by atoms with Crippen LogP contribution in [0.2, 0.25) is 0 Å². The maximum absolute atomic E-state index is 12.2. The van der Waals surface area contributed by atoms with Gasteiger partial charge in [-0.05, 0) is 6.42 Å². The van der Waals surface area contributed by atoms with Crippen molar-refractivity contribution in [3.05, 3.63) is 33.2 Å². The number of rotatable bonds is 3. The standard InChI is InChI=1S/C14H19N7O/c1-7-8-9(15-5)12(18-16-8)19-17-10-11(14(2,3)4)20-21(6)13(10)22/h20H,7H2,1-4,6H3,(H,16,18). The molecule has 0 unspecified atom stereocenters. The van der Waals surface area contributed by atoms with E-state index in [1.165, 1.54) is 4.68 Å². The molecule has 0 aromatic carbocycles. The van der Waals surface area contributed by atoms with Crippen LogP contribution in [-0.2, 0) is 18.9 Å². The second kappa shape index (κ2) is 5.60. The van der Waals surface area contributed by atoms with E-state index in [1.807, 2.05) is 27.7 Å². The molecule has 116 valence electrons. The Labute approximate surface area is 128 Å². The topological polar surface area (TPSA) is 95.6 Å². The molecule has 8 nitrogen and oxygen atoms in total. The van der Waals surface area contributed by atoms with Crippen LogP contribution in [0.25, 0.3) is 4.85 Å². The number of H-pyrrole nitrogens is 2. The van der Waals surface area contributed by atoms with Gasteiger partial charge in [-0.1, -0.05) is 27.7 Å². The smallest absolute Gasteiger partial charge is 0.294 e. The summed E-state index contributed by atoms with van der Waals surface area (Å²) in [4.78, 5) is 15.6. The third-order valence-electron chi connectivity index (χ3n) is 3.28. The van der Waals surface area contributed by atoms with Crippen LogP contribution in [0.1, 0.15) is 39.1 Å². The molecule has 0 bridgehead atoms. The van der Waals surface area contributed by atoms with Crippen LogP contribution in [0.15, 0.2) is 15.0 Å². The first-order valence-corrected chi connectivity index (χ1v) is 6.95. The number of azo groups is 1. The number of nitrogens with one attached hydrogen (secondary N) is 2. The Morgan fingerprint density at radius 2 is 2.05 bits per heavy atom. The fourth-order valence-electron chi connectivity index (χ4n) is 2.05. The number of nitrogens with zero attached hydrogens (tertiary/aromatic N) is 5. The number of hydrogen-bond acceptors (Lipinski definition) is 4. The van der Waals surface area contributed by atoms with E-state index >= 15 is 0 Å². The van der Waals surface area contributed by atoms with Crippen LogP contribution >= 0.6 is 0 Å². The molecule has 2 rings (SSSR count). The second-order valence-electron chi connectivity index (χ2n) is 5.99. The van der Waals surface area contributed by atoms with Crippen molar-refractivity contribution in [1.82, 2.24) is 20.0 Å². The summed E-state index contributed by atoms with van der Waals surface area (Å²) in [5.74, 6) is 0.204. The van der Waals surface area contributed by atoms with Gasteiger partial charge >= 0.3 is 0 Å². The van der Waals surface area contributed by atoms with E-state index in [1.54, 1.807) is 7.05 Å². The first-order valence-electron chi connectivity index (χ1n) is 6.95. The van der Waals surface area contributed by atoms with Gasteiger partial charge in [0.2, 0.25) is 5.82 Å². The van der Waals surface area contributed by atoms with Crippen LogP contribution in [-0.4, -0.2) is 20.0 Å². The van der Waals surface area contributed by atoms with Crippen molar-refractivity contribution >= 4 is 17.2 Å². The van der Waals surface area contributed by atoms with Gasteiger partial charge in [0.25, 0.3) is 11.2 Å². The Balaban J connectivity index is 2.50. The van der Waals surface area contributed by atoms with Crippen molar-refractivity contribution in [1.29, 1.82) is 0 Å². The van der Waals surface area contributed by atoms with Crippen LogP contribution < -0.4 is 5.56 Å². The lowest BCUT2D eigenvalue weighted by Gasteiger charge is -2.16. The van der Waals surface area contributed by atoms with Gasteiger partial charge in [-0.25, -0.2) is 4.85 Å². The summed E-state index contributed by atoms with van der Waals surface area (Å²) in [6, 6.07) is 0. The summed E-state index contributed by atoms with van der Waals surface area (Å²) in [6.07, 6.45) is 0.652. The number of aromatic amines is 2. The molecule has 0 amide bonds. The molecule has 0 aliphatic heterocycles. The molecule has 0 atom stereocenters. The largest absolute Gasteiger partial charge is 0.297 e. The average molecular weight is 301 g/mol. The highest BCUT2D eigenvalue weighted by Gasteiger charge is 2.24. The van der Waals surface area contributed by atoms with Crippen molar-refractivity contribution in [3.63, 3.8) is 0 Å². The Morgan fingerprint density at radius 1 is 1.36 bits per heavy atom. The third-order valence-corrected chi connectivity index (χ3v) is 3.28. The number of hydrogen-bond donors (Lipinski definition) is 2. The molecule has 0 spiro atoms. The number of aromatic nitrogens is 4. The molecule has 0 radical (unpaired) electrons. The Hall–Kier alpha value is -2.69. The van der Waals surface area contributed by atoms with Crippen LogP contribution in [0.4, 0.5) is 17.2 Å². The summed E-state index contributed by atoms with van der Waals surface area (Å²) >= 11 is 0. The van der Waals surface area contributed by atoms with Gasteiger partial charge in [-0.3, -0.25) is 19.7 Å². The SMILES string of the molecule is [C-]#[N+]c1c(N=Nc2c(C(C)(C)C)[nH]n(C)c2=O)n[nH]c1CC. The summed E-state index contributed by atoms with van der Waals surface area (Å²) in [5, 5.41) is 17.8. The van der Waals surface area contributed by atoms with Gasteiger partial charge in [0, 0.05) is 18.2 Å². The lowest BCUT2D eigenvalue weighted by Crippen LogP contribution is -2.12. The van der Waals surface area contributed by atoms with Crippen LogP contribution in [0.5, 0.6) is 0 Å². The molecule has 22 heavy (non-hydrogen) atoms. The zero-order valence-corrected chi connectivity index (χ0v) is 13.4. The van der Waals surface area contributed by atoms with E-state index in [4.69, 9.17) is 6.57 Å². The van der Waals surface area contributed by atoms with Crippen LogP contribution in [0.3, 0.4) is 0 Å². The molecule has 0 fully saturated rings. The summed E-state index contributed by atoms with van der Waals surface area (Å²) in [5.41, 5.74) is 1.45. The maximum Gasteiger partial charge on any atom is 0.294 e. The average Bonchev–Trinajstić information content (AvgIpc) is 2.98. The fraction of sp³-hybridized carbons (Fsp3) is 0.500. The maximum atomic E-state index is 12.2. The van der Waals surface area contributed by atoms with Crippen molar-refractivity contribution < 1.29 is 0 Å². The summed E-state index contributed by atoms with van der Waals surface area (Å²) in [6.45, 7) is 15.1. The molecule has 2 aromatic heterocycles. The van der Waals surface area contributed by atoms with E-state index in [2.05, 4.69) is 30.4 Å². The first kappa shape index (κ1) is 15.7. The predicted octanol–water partition coefficient (Wildman–Crippen LogP) is 3.26. The Morgan fingerprint density at radius 3 is 2.59 bits per heavy atom. The fourth-order valence-corrected chi connectivity index (χ4v) is 2.05. The molecule has 0 saturated heterocycles. The number of aryl methyl sites for hydroxylation is 2. The lowest BCUT2D eigenvalue weighted by atomic mass is 9.91. The summed E-state index contributed by atoms with van der Waals surface area (Å²) < 4.78 is 1.37. The van der Waals surface area contributed by atoms with Gasteiger partial charge in [-0.2, -0.15) is 5.10 Å². The van der Waals surface area contributed by atoms with Crippen molar-refractivity contribution in [2.24, 2.45) is 17.3 Å². The molecule has 8 heteroatoms. The monoisotopic (exact) mass is 301 g/mol. The van der Waals surface area contributed by atoms with E-state index < -0.39 is 0 Å². The van der Waals surface area contributed by atoms with E-state index in [9.17, 15) is 4.79 Å². The van der Waals surface area contributed by atoms with Crippen molar-refractivity contribution in [2.45, 2.75) is 39.5 Å². The predicted molar refractivity (Wildman–Crippen MR) is 83.1 cm³/mol. The van der Waals surface area contributed by atoms with E-state index in [0.717, 1.165) is 0 Å². The second-order valence-corrected chi connectivity index (χ2v) is 5.99. The molecule has 2 N–H and O–H groups in total. The highest BCUT2D eigenvalue weighted by atomic mass is 16.1. The minimum Gasteiger partial charge on any atom is -0.297 e. The molecular formula is C14H19N7O. The van der Waals surface area contributed by atoms with Gasteiger partial charge in [0.05, 0.1) is 12.3 Å². The normalized spacial score (nSPS) is 12.0. The van der Waals surface area contributed by atoms with Crippen molar-refractivity contribution in [2.75, 3.05) is 0 Å². The quantitative estimate of drug-likeness (QED) is 0.672. The molecule has 0 aliphatic carbocycles. The zero-order chi connectivity index (χ0) is 16.5. The molecular weight excluding hydrogens is 282 g/mol. The van der Waals surface area contributed by atoms with E-state index in [-0.39, 0.29) is 22.5 Å². The molecule has 2 heterocycles. The Bertz CT molecular complexity index is 808. The van der Waals surface area contributed by atoms with Gasteiger partial charge in [0.1, 0.15) is 0 Å². The van der Waals surface area contributed by atoms with Gasteiger partial charge < -0.3 is 0 Å². The molecule has 2 aromatic rings. The van der Waals surface area contributed by atoms with Gasteiger partial charge in [-0.15, -0.1) is 10.2 Å². The first-order chi connectivity index (χ1) is 10.3. The molecule has 0 aliphatic rings. The highest BCUT2D eigenvalue weighted by Crippen LogP contribution is 2.32. The minimum atomic E-state index is -0.280. The van der Waals surface area contributed by atoms with Crippen LogP contribution in [0, 0.1) is 6.57 Å². The zero-order valence-electron chi connectivity index (χ0n) is 13.4. The van der Waals surface area contributed by atoms with Crippen molar-refractivity contribution in [3.8, 4) is 0 Å². The van der Waals surface area contributed by atoms with E-state index in [0.29, 0.717) is 23.5 Å². The third kappa shape index (κ3) is 2.70. The minimum absolute atomic E-state index is 0.204. The highest BCUT2D eigenvalue weighted by molar-refractivity contribution is 5.65. The summed E-state index contributed by atoms with van der Waals surface area (Å²) in [7, 11) is 1.63. The lowest BCUT2D eigenvalue weighted by molar-refractivity contribution is 0.552. The molecule has 0 saturated carbocycles. The van der Waals surface area contributed by atoms with Gasteiger partial charge in [0.15, 0.2) is 5.69 Å².